The first-order valence-electron chi connectivity index (χ1n) is 6.46. The predicted molar refractivity (Wildman–Crippen MR) is 72.8 cm³/mol. The van der Waals surface area contributed by atoms with Gasteiger partial charge in [-0.05, 0) is 25.0 Å². The molecule has 17 heavy (non-hydrogen) atoms. The van der Waals surface area contributed by atoms with E-state index in [-0.39, 0.29) is 0 Å². The Morgan fingerprint density at radius 3 is 2.71 bits per heavy atom. The largest absolute Gasteiger partial charge is 0.382 e. The second-order valence-corrected chi connectivity index (χ2v) is 4.94. The van der Waals surface area contributed by atoms with Gasteiger partial charge >= 0.3 is 0 Å². The maximum Gasteiger partial charge on any atom is 0.0642 e. The number of halogens is 1. The molecule has 0 amide bonds. The molecular weight excluding hydrogens is 234 g/mol. The van der Waals surface area contributed by atoms with E-state index in [4.69, 9.17) is 16.3 Å². The fourth-order valence-corrected chi connectivity index (χ4v) is 2.45. The average molecular weight is 254 g/mol. The van der Waals surface area contributed by atoms with Crippen LogP contribution in [0.1, 0.15) is 32.1 Å². The minimum atomic E-state index is 0.483. The van der Waals surface area contributed by atoms with Gasteiger partial charge in [0.25, 0.3) is 0 Å². The summed E-state index contributed by atoms with van der Waals surface area (Å²) in [6.07, 6.45) is 6.96. The van der Waals surface area contributed by atoms with E-state index in [1.54, 1.807) is 0 Å². The minimum absolute atomic E-state index is 0.483. The Kier molecular flexibility index (Phi) is 5.14. The van der Waals surface area contributed by atoms with Crippen molar-refractivity contribution in [3.8, 4) is 0 Å². The Morgan fingerprint density at radius 1 is 1.18 bits per heavy atom. The van der Waals surface area contributed by atoms with Gasteiger partial charge in [-0.15, -0.1) is 0 Å². The van der Waals surface area contributed by atoms with Crippen molar-refractivity contribution in [1.29, 1.82) is 0 Å². The van der Waals surface area contributed by atoms with Crippen molar-refractivity contribution >= 4 is 17.3 Å². The Balaban J connectivity index is 1.64. The van der Waals surface area contributed by atoms with Crippen molar-refractivity contribution in [1.82, 2.24) is 0 Å². The molecule has 1 aliphatic rings. The van der Waals surface area contributed by atoms with Gasteiger partial charge in [0, 0.05) is 6.54 Å². The van der Waals surface area contributed by atoms with Crippen LogP contribution in [-0.4, -0.2) is 19.3 Å². The third-order valence-corrected chi connectivity index (χ3v) is 3.53. The highest BCUT2D eigenvalue weighted by molar-refractivity contribution is 6.33. The van der Waals surface area contributed by atoms with E-state index >= 15 is 0 Å². The number of nitrogens with one attached hydrogen (secondary N) is 1. The van der Waals surface area contributed by atoms with Crippen molar-refractivity contribution in [2.24, 2.45) is 0 Å². The molecule has 0 heterocycles. The van der Waals surface area contributed by atoms with Gasteiger partial charge < -0.3 is 10.1 Å². The van der Waals surface area contributed by atoms with Gasteiger partial charge in [0.15, 0.2) is 0 Å². The number of ether oxygens (including phenoxy) is 1. The topological polar surface area (TPSA) is 21.3 Å². The van der Waals surface area contributed by atoms with Gasteiger partial charge in [-0.1, -0.05) is 43.0 Å². The van der Waals surface area contributed by atoms with E-state index in [0.717, 1.165) is 23.9 Å². The smallest absolute Gasteiger partial charge is 0.0642 e. The Hall–Kier alpha value is -0.730. The summed E-state index contributed by atoms with van der Waals surface area (Å²) >= 11 is 6.05. The fourth-order valence-electron chi connectivity index (χ4n) is 2.25. The summed E-state index contributed by atoms with van der Waals surface area (Å²) in [5.74, 6) is 0. The van der Waals surface area contributed by atoms with E-state index in [0.29, 0.717) is 6.10 Å². The van der Waals surface area contributed by atoms with E-state index in [2.05, 4.69) is 5.32 Å². The minimum Gasteiger partial charge on any atom is -0.382 e. The molecule has 0 aromatic heterocycles. The molecule has 0 aliphatic heterocycles. The monoisotopic (exact) mass is 253 g/mol. The molecule has 1 fully saturated rings. The fraction of sp³-hybridized carbons (Fsp3) is 0.571. The number of para-hydroxylation sites is 1. The summed E-state index contributed by atoms with van der Waals surface area (Å²) in [6.45, 7) is 1.58. The van der Waals surface area contributed by atoms with E-state index in [1.165, 1.54) is 32.1 Å². The molecule has 0 atom stereocenters. The molecule has 0 radical (unpaired) electrons. The van der Waals surface area contributed by atoms with Gasteiger partial charge in [0.2, 0.25) is 0 Å². The maximum atomic E-state index is 6.05. The van der Waals surface area contributed by atoms with Crippen LogP contribution in [0, 0.1) is 0 Å². The summed E-state index contributed by atoms with van der Waals surface area (Å²) in [5.41, 5.74) is 0.987. The zero-order chi connectivity index (χ0) is 11.9. The quantitative estimate of drug-likeness (QED) is 0.798. The van der Waals surface area contributed by atoms with Crippen LogP contribution < -0.4 is 5.32 Å². The van der Waals surface area contributed by atoms with Crippen LogP contribution in [0.3, 0.4) is 0 Å². The zero-order valence-electron chi connectivity index (χ0n) is 10.1. The number of rotatable bonds is 5. The van der Waals surface area contributed by atoms with Gasteiger partial charge in [0.05, 0.1) is 23.4 Å². The van der Waals surface area contributed by atoms with E-state index in [1.807, 2.05) is 24.3 Å². The lowest BCUT2D eigenvalue weighted by molar-refractivity contribution is 0.0347. The molecule has 1 aromatic rings. The summed E-state index contributed by atoms with van der Waals surface area (Å²) in [7, 11) is 0. The third kappa shape index (κ3) is 4.21. The predicted octanol–water partition coefficient (Wildman–Crippen LogP) is 4.10. The lowest BCUT2D eigenvalue weighted by atomic mass is 9.98. The van der Waals surface area contributed by atoms with Crippen molar-refractivity contribution in [3.63, 3.8) is 0 Å². The molecular formula is C14H20ClNO. The molecule has 1 aliphatic carbocycles. The third-order valence-electron chi connectivity index (χ3n) is 3.20. The number of hydrogen-bond acceptors (Lipinski definition) is 2. The second-order valence-electron chi connectivity index (χ2n) is 4.54. The summed E-state index contributed by atoms with van der Waals surface area (Å²) in [5, 5.41) is 4.06. The highest BCUT2D eigenvalue weighted by Crippen LogP contribution is 2.21. The molecule has 2 nitrogen and oxygen atoms in total. The molecule has 0 saturated heterocycles. The van der Waals surface area contributed by atoms with Gasteiger partial charge in [0.1, 0.15) is 0 Å². The van der Waals surface area contributed by atoms with Gasteiger partial charge in [-0.2, -0.15) is 0 Å². The van der Waals surface area contributed by atoms with Gasteiger partial charge in [-0.3, -0.25) is 0 Å². The molecule has 0 bridgehead atoms. The van der Waals surface area contributed by atoms with Crippen LogP contribution in [0.15, 0.2) is 24.3 Å². The molecule has 0 unspecified atom stereocenters. The number of hydrogen-bond donors (Lipinski definition) is 1. The molecule has 1 aromatic carbocycles. The van der Waals surface area contributed by atoms with Crippen molar-refractivity contribution in [3.05, 3.63) is 29.3 Å². The number of anilines is 1. The first-order chi connectivity index (χ1) is 8.36. The van der Waals surface area contributed by atoms with Crippen LogP contribution in [0.2, 0.25) is 5.02 Å². The second kappa shape index (κ2) is 6.87. The Labute approximate surface area is 108 Å². The van der Waals surface area contributed by atoms with Crippen LogP contribution in [0.4, 0.5) is 5.69 Å². The summed E-state index contributed by atoms with van der Waals surface area (Å²) in [6, 6.07) is 7.80. The molecule has 94 valence electrons. The highest BCUT2D eigenvalue weighted by atomic mass is 35.5. The van der Waals surface area contributed by atoms with Crippen LogP contribution in [0.5, 0.6) is 0 Å². The van der Waals surface area contributed by atoms with Crippen molar-refractivity contribution in [2.45, 2.75) is 38.2 Å². The first-order valence-corrected chi connectivity index (χ1v) is 6.84. The van der Waals surface area contributed by atoms with Crippen molar-refractivity contribution < 1.29 is 4.74 Å². The Morgan fingerprint density at radius 2 is 1.94 bits per heavy atom. The molecule has 1 N–H and O–H groups in total. The lowest BCUT2D eigenvalue weighted by Crippen LogP contribution is -2.20. The van der Waals surface area contributed by atoms with Gasteiger partial charge in [-0.25, -0.2) is 0 Å². The standard InChI is InChI=1S/C14H20ClNO/c15-13-8-4-5-9-14(13)16-10-11-17-12-6-2-1-3-7-12/h4-5,8-9,12,16H,1-3,6-7,10-11H2. The summed E-state index contributed by atoms with van der Waals surface area (Å²) < 4.78 is 5.84. The molecule has 0 spiro atoms. The van der Waals surface area contributed by atoms with Crippen LogP contribution >= 0.6 is 11.6 Å². The first kappa shape index (κ1) is 12.7. The maximum absolute atomic E-state index is 6.05. The van der Waals surface area contributed by atoms with Crippen LogP contribution in [0.25, 0.3) is 0 Å². The van der Waals surface area contributed by atoms with E-state index < -0.39 is 0 Å². The molecule has 2 rings (SSSR count). The SMILES string of the molecule is Clc1ccccc1NCCOC1CCCCC1. The molecule has 1 saturated carbocycles. The summed E-state index contributed by atoms with van der Waals surface area (Å²) in [4.78, 5) is 0. The lowest BCUT2D eigenvalue weighted by Gasteiger charge is -2.22. The Bertz CT molecular complexity index is 337. The normalized spacial score (nSPS) is 17.0. The van der Waals surface area contributed by atoms with E-state index in [9.17, 15) is 0 Å². The average Bonchev–Trinajstić information content (AvgIpc) is 2.38. The highest BCUT2D eigenvalue weighted by Gasteiger charge is 2.12. The van der Waals surface area contributed by atoms with Crippen molar-refractivity contribution in [2.75, 3.05) is 18.5 Å². The van der Waals surface area contributed by atoms with Crippen LogP contribution in [-0.2, 0) is 4.74 Å². The number of benzene rings is 1. The molecule has 3 heteroatoms. The zero-order valence-corrected chi connectivity index (χ0v) is 10.9.